The van der Waals surface area contributed by atoms with Gasteiger partial charge in [-0.2, -0.15) is 0 Å². The maximum Gasteiger partial charge on any atom is 0.172 e. The first kappa shape index (κ1) is 12.8. The lowest BCUT2D eigenvalue weighted by Crippen LogP contribution is -2.19. The zero-order valence-electron chi connectivity index (χ0n) is 11.4. The van der Waals surface area contributed by atoms with Crippen molar-refractivity contribution in [2.24, 2.45) is 0 Å². The van der Waals surface area contributed by atoms with E-state index in [9.17, 15) is 0 Å². The SMILES string of the molecule is Cc1ncsc1CN(C)c1nc2ccccc2nc1N. The first-order valence-corrected chi connectivity index (χ1v) is 7.15. The molecule has 2 aromatic heterocycles. The second-order valence-electron chi connectivity index (χ2n) is 4.64. The van der Waals surface area contributed by atoms with Crippen molar-refractivity contribution >= 4 is 34.0 Å². The Morgan fingerprint density at radius 1 is 1.20 bits per heavy atom. The minimum Gasteiger partial charge on any atom is -0.381 e. The summed E-state index contributed by atoms with van der Waals surface area (Å²) in [6.45, 7) is 2.74. The number of para-hydroxylation sites is 2. The van der Waals surface area contributed by atoms with Crippen molar-refractivity contribution in [2.45, 2.75) is 13.5 Å². The highest BCUT2D eigenvalue weighted by atomic mass is 32.1. The molecule has 5 nitrogen and oxygen atoms in total. The molecule has 0 atom stereocenters. The van der Waals surface area contributed by atoms with E-state index in [4.69, 9.17) is 5.73 Å². The molecule has 3 aromatic rings. The molecule has 6 heteroatoms. The molecule has 0 unspecified atom stereocenters. The van der Waals surface area contributed by atoms with Gasteiger partial charge in [0.15, 0.2) is 11.6 Å². The number of aromatic nitrogens is 3. The molecule has 0 radical (unpaired) electrons. The van der Waals surface area contributed by atoms with E-state index in [1.54, 1.807) is 11.3 Å². The van der Waals surface area contributed by atoms with Gasteiger partial charge in [0.25, 0.3) is 0 Å². The molecule has 3 rings (SSSR count). The molecule has 0 aliphatic carbocycles. The highest BCUT2D eigenvalue weighted by Crippen LogP contribution is 2.24. The lowest BCUT2D eigenvalue weighted by Gasteiger charge is -2.19. The van der Waals surface area contributed by atoms with Crippen LogP contribution in [0.2, 0.25) is 0 Å². The summed E-state index contributed by atoms with van der Waals surface area (Å²) in [5.41, 5.74) is 10.6. The number of nitrogens with zero attached hydrogens (tertiary/aromatic N) is 4. The van der Waals surface area contributed by atoms with Crippen LogP contribution in [0.15, 0.2) is 29.8 Å². The van der Waals surface area contributed by atoms with Crippen LogP contribution in [0.25, 0.3) is 11.0 Å². The van der Waals surface area contributed by atoms with Crippen molar-refractivity contribution in [2.75, 3.05) is 17.7 Å². The number of hydrogen-bond acceptors (Lipinski definition) is 6. The van der Waals surface area contributed by atoms with Gasteiger partial charge >= 0.3 is 0 Å². The Labute approximate surface area is 121 Å². The molecule has 20 heavy (non-hydrogen) atoms. The average Bonchev–Trinajstić information content (AvgIpc) is 2.83. The maximum absolute atomic E-state index is 6.03. The summed E-state index contributed by atoms with van der Waals surface area (Å²) in [6.07, 6.45) is 0. The van der Waals surface area contributed by atoms with Gasteiger partial charge in [-0.1, -0.05) is 12.1 Å². The number of nitrogen functional groups attached to an aromatic ring is 1. The van der Waals surface area contributed by atoms with Crippen molar-refractivity contribution in [3.05, 3.63) is 40.3 Å². The molecule has 0 amide bonds. The molecular formula is C14H15N5S. The van der Waals surface area contributed by atoms with Crippen molar-refractivity contribution in [1.82, 2.24) is 15.0 Å². The second kappa shape index (κ2) is 5.05. The summed E-state index contributed by atoms with van der Waals surface area (Å²) in [7, 11) is 1.97. The first-order valence-electron chi connectivity index (χ1n) is 6.27. The molecule has 0 saturated carbocycles. The number of anilines is 2. The lowest BCUT2D eigenvalue weighted by molar-refractivity contribution is 0.903. The zero-order chi connectivity index (χ0) is 14.1. The highest BCUT2D eigenvalue weighted by molar-refractivity contribution is 7.09. The first-order chi connectivity index (χ1) is 9.65. The predicted molar refractivity (Wildman–Crippen MR) is 82.9 cm³/mol. The summed E-state index contributed by atoms with van der Waals surface area (Å²) in [4.78, 5) is 16.5. The fourth-order valence-electron chi connectivity index (χ4n) is 2.05. The van der Waals surface area contributed by atoms with E-state index in [1.807, 2.05) is 48.6 Å². The summed E-state index contributed by atoms with van der Waals surface area (Å²) in [5, 5.41) is 0. The van der Waals surface area contributed by atoms with Gasteiger partial charge in [-0.25, -0.2) is 15.0 Å². The zero-order valence-corrected chi connectivity index (χ0v) is 12.2. The molecule has 0 spiro atoms. The van der Waals surface area contributed by atoms with Crippen molar-refractivity contribution in [3.63, 3.8) is 0 Å². The lowest BCUT2D eigenvalue weighted by atomic mass is 10.3. The number of benzene rings is 1. The topological polar surface area (TPSA) is 67.9 Å². The van der Waals surface area contributed by atoms with Crippen LogP contribution in [-0.2, 0) is 6.54 Å². The molecule has 2 heterocycles. The van der Waals surface area contributed by atoms with Gasteiger partial charge in [-0.15, -0.1) is 11.3 Å². The third-order valence-corrected chi connectivity index (χ3v) is 4.09. The van der Waals surface area contributed by atoms with Crippen LogP contribution in [0, 0.1) is 6.92 Å². The van der Waals surface area contributed by atoms with E-state index in [-0.39, 0.29) is 0 Å². The van der Waals surface area contributed by atoms with Gasteiger partial charge < -0.3 is 10.6 Å². The van der Waals surface area contributed by atoms with Gasteiger partial charge in [-0.05, 0) is 19.1 Å². The fraction of sp³-hybridized carbons (Fsp3) is 0.214. The summed E-state index contributed by atoms with van der Waals surface area (Å²) in [6, 6.07) is 7.73. The molecule has 1 aromatic carbocycles. The van der Waals surface area contributed by atoms with Gasteiger partial charge in [0, 0.05) is 11.9 Å². The monoisotopic (exact) mass is 285 g/mol. The third kappa shape index (κ3) is 2.30. The Bertz CT molecular complexity index is 752. The number of nitrogens with two attached hydrogens (primary N) is 1. The van der Waals surface area contributed by atoms with Crippen LogP contribution in [-0.4, -0.2) is 22.0 Å². The van der Waals surface area contributed by atoms with E-state index >= 15 is 0 Å². The van der Waals surface area contributed by atoms with E-state index < -0.39 is 0 Å². The van der Waals surface area contributed by atoms with E-state index in [0.29, 0.717) is 11.6 Å². The van der Waals surface area contributed by atoms with Crippen LogP contribution in [0.3, 0.4) is 0 Å². The molecule has 102 valence electrons. The predicted octanol–water partition coefficient (Wildman–Crippen LogP) is 2.61. The van der Waals surface area contributed by atoms with Gasteiger partial charge in [-0.3, -0.25) is 0 Å². The normalized spacial score (nSPS) is 10.9. The highest BCUT2D eigenvalue weighted by Gasteiger charge is 2.12. The molecule has 2 N–H and O–H groups in total. The Kier molecular flexibility index (Phi) is 3.23. The minimum absolute atomic E-state index is 0.452. The number of hydrogen-bond donors (Lipinski definition) is 1. The summed E-state index contributed by atoms with van der Waals surface area (Å²) >= 11 is 1.64. The smallest absolute Gasteiger partial charge is 0.172 e. The summed E-state index contributed by atoms with van der Waals surface area (Å²) < 4.78 is 0. The molecule has 0 aliphatic heterocycles. The van der Waals surface area contributed by atoms with Crippen LogP contribution >= 0.6 is 11.3 Å². The van der Waals surface area contributed by atoms with Gasteiger partial charge in [0.2, 0.25) is 0 Å². The molecular weight excluding hydrogens is 270 g/mol. The number of fused-ring (bicyclic) bond motifs is 1. The fourth-order valence-corrected chi connectivity index (χ4v) is 2.88. The van der Waals surface area contributed by atoms with E-state index in [0.717, 1.165) is 23.3 Å². The molecule has 0 fully saturated rings. The Morgan fingerprint density at radius 3 is 2.55 bits per heavy atom. The third-order valence-electron chi connectivity index (χ3n) is 3.17. The van der Waals surface area contributed by atoms with Crippen LogP contribution in [0.5, 0.6) is 0 Å². The van der Waals surface area contributed by atoms with Crippen LogP contribution in [0.4, 0.5) is 11.6 Å². The molecule has 0 aliphatic rings. The van der Waals surface area contributed by atoms with Crippen LogP contribution < -0.4 is 10.6 Å². The molecule has 0 saturated heterocycles. The average molecular weight is 285 g/mol. The van der Waals surface area contributed by atoms with Gasteiger partial charge in [0.1, 0.15) is 0 Å². The number of aryl methyl sites for hydroxylation is 1. The van der Waals surface area contributed by atoms with Crippen LogP contribution in [0.1, 0.15) is 10.6 Å². The van der Waals surface area contributed by atoms with Crippen molar-refractivity contribution in [1.29, 1.82) is 0 Å². The Balaban J connectivity index is 1.96. The van der Waals surface area contributed by atoms with E-state index in [1.165, 1.54) is 4.88 Å². The minimum atomic E-state index is 0.452. The second-order valence-corrected chi connectivity index (χ2v) is 5.58. The summed E-state index contributed by atoms with van der Waals surface area (Å²) in [5.74, 6) is 1.16. The van der Waals surface area contributed by atoms with Gasteiger partial charge in [0.05, 0.1) is 28.8 Å². The van der Waals surface area contributed by atoms with Crippen molar-refractivity contribution in [3.8, 4) is 0 Å². The Morgan fingerprint density at radius 2 is 1.90 bits per heavy atom. The number of rotatable bonds is 3. The van der Waals surface area contributed by atoms with Crippen molar-refractivity contribution < 1.29 is 0 Å². The standard InChI is InChI=1S/C14H15N5S/c1-9-12(20-8-16-9)7-19(2)14-13(15)17-10-5-3-4-6-11(10)18-14/h3-6,8H,7H2,1-2H3,(H2,15,17). The quantitative estimate of drug-likeness (QED) is 0.801. The molecule has 0 bridgehead atoms. The maximum atomic E-state index is 6.03. The largest absolute Gasteiger partial charge is 0.381 e. The number of thiazole rings is 1. The van der Waals surface area contributed by atoms with E-state index in [2.05, 4.69) is 15.0 Å². The Hall–Kier alpha value is -2.21.